The molecule has 1 aromatic rings. The van der Waals surface area contributed by atoms with Crippen molar-refractivity contribution in [1.82, 2.24) is 0 Å². The van der Waals surface area contributed by atoms with E-state index >= 15 is 0 Å². The maximum absolute atomic E-state index is 12.4. The molecule has 0 aliphatic carbocycles. The van der Waals surface area contributed by atoms with E-state index in [2.05, 4.69) is 27.4 Å². The van der Waals surface area contributed by atoms with Gasteiger partial charge < -0.3 is 0 Å². The molecule has 1 aromatic carbocycles. The average molecular weight is 401 g/mol. The molecule has 0 N–H and O–H groups in total. The molecular weight excluding hydrogens is 364 g/mol. The van der Waals surface area contributed by atoms with E-state index in [1.807, 2.05) is 51.1 Å². The number of ketones is 2. The first-order valence-electron chi connectivity index (χ1n) is 9.85. The third-order valence-corrected chi connectivity index (χ3v) is 5.41. The molecule has 3 heteroatoms. The van der Waals surface area contributed by atoms with E-state index < -0.39 is 0 Å². The van der Waals surface area contributed by atoms with Gasteiger partial charge in [-0.3, -0.25) is 9.59 Å². The zero-order chi connectivity index (χ0) is 21.7. The maximum Gasteiger partial charge on any atom is 0.164 e. The van der Waals surface area contributed by atoms with Gasteiger partial charge in [0.1, 0.15) is 5.78 Å². The summed E-state index contributed by atoms with van der Waals surface area (Å²) in [7, 11) is 0. The Morgan fingerprint density at radius 3 is 2.00 bits per heavy atom. The lowest BCUT2D eigenvalue weighted by molar-refractivity contribution is -0.120. The molecule has 0 heterocycles. The topological polar surface area (TPSA) is 34.1 Å². The number of allylic oxidation sites excluding steroid dienone is 5. The Morgan fingerprint density at radius 2 is 1.61 bits per heavy atom. The highest BCUT2D eigenvalue weighted by Gasteiger charge is 2.21. The van der Waals surface area contributed by atoms with Crippen LogP contribution >= 0.6 is 11.8 Å². The molecule has 28 heavy (non-hydrogen) atoms. The smallest absolute Gasteiger partial charge is 0.164 e. The molecule has 0 spiro atoms. The third-order valence-electron chi connectivity index (χ3n) is 4.08. The van der Waals surface area contributed by atoms with E-state index in [4.69, 9.17) is 0 Å². The van der Waals surface area contributed by atoms with Gasteiger partial charge in [0.15, 0.2) is 5.78 Å². The molecule has 0 aromatic heterocycles. The fraction of sp³-hybridized carbons (Fsp3) is 0.440. The fourth-order valence-corrected chi connectivity index (χ4v) is 2.89. The molecule has 0 aliphatic rings. The Morgan fingerprint density at radius 1 is 1.07 bits per heavy atom. The molecule has 0 saturated carbocycles. The highest BCUT2D eigenvalue weighted by molar-refractivity contribution is 8.00. The van der Waals surface area contributed by atoms with Gasteiger partial charge >= 0.3 is 0 Å². The molecule has 2 nitrogen and oxygen atoms in total. The lowest BCUT2D eigenvalue weighted by atomic mass is 10.0. The minimum atomic E-state index is -0.375. The summed E-state index contributed by atoms with van der Waals surface area (Å²) >= 11 is 1.44. The van der Waals surface area contributed by atoms with E-state index in [0.29, 0.717) is 5.57 Å². The van der Waals surface area contributed by atoms with Crippen LogP contribution in [0, 0.1) is 12.8 Å². The minimum Gasteiger partial charge on any atom is -0.299 e. The van der Waals surface area contributed by atoms with Crippen LogP contribution in [0.2, 0.25) is 0 Å². The second-order valence-electron chi connectivity index (χ2n) is 7.53. The summed E-state index contributed by atoms with van der Waals surface area (Å²) in [6.45, 7) is 17.8. The van der Waals surface area contributed by atoms with E-state index in [1.54, 1.807) is 12.2 Å². The van der Waals surface area contributed by atoms with Gasteiger partial charge in [-0.25, -0.2) is 0 Å². The summed E-state index contributed by atoms with van der Waals surface area (Å²) < 4.78 is 0. The highest BCUT2D eigenvalue weighted by Crippen LogP contribution is 2.27. The molecular formula is C25H36O2S. The number of hydrogen-bond donors (Lipinski definition) is 0. The number of thioether (sulfide) groups is 1. The number of benzene rings is 1. The van der Waals surface area contributed by atoms with Gasteiger partial charge in [-0.1, -0.05) is 75.3 Å². The predicted molar refractivity (Wildman–Crippen MR) is 124 cm³/mol. The van der Waals surface area contributed by atoms with Crippen LogP contribution < -0.4 is 0 Å². The van der Waals surface area contributed by atoms with E-state index in [9.17, 15) is 9.59 Å². The quantitative estimate of drug-likeness (QED) is 0.251. The first-order valence-corrected chi connectivity index (χ1v) is 10.7. The first-order chi connectivity index (χ1) is 13.1. The van der Waals surface area contributed by atoms with Crippen LogP contribution in [0.4, 0.5) is 0 Å². The van der Waals surface area contributed by atoms with Gasteiger partial charge in [0.25, 0.3) is 0 Å². The van der Waals surface area contributed by atoms with Crippen molar-refractivity contribution < 1.29 is 9.59 Å². The first kappa shape index (κ1) is 26.1. The number of carbonyl (C=O) groups excluding carboxylic acids is 2. The summed E-state index contributed by atoms with van der Waals surface area (Å²) in [5, 5.41) is -0.375. The molecule has 1 rings (SSSR count). The Bertz CT molecular complexity index is 690. The van der Waals surface area contributed by atoms with Gasteiger partial charge in [0, 0.05) is 16.9 Å². The van der Waals surface area contributed by atoms with Crippen LogP contribution in [-0.2, 0) is 9.59 Å². The number of hydrogen-bond acceptors (Lipinski definition) is 3. The van der Waals surface area contributed by atoms with Crippen LogP contribution in [0.25, 0.3) is 0 Å². The molecule has 0 radical (unpaired) electrons. The van der Waals surface area contributed by atoms with Gasteiger partial charge in [0.05, 0.1) is 5.25 Å². The number of Topliss-reactive ketones (excluding diaryl/α,β-unsaturated/α-hetero) is 2. The number of rotatable bonds is 9. The summed E-state index contributed by atoms with van der Waals surface area (Å²) in [5.41, 5.74) is 2.82. The van der Waals surface area contributed by atoms with E-state index in [-0.39, 0.29) is 23.2 Å². The zero-order valence-electron chi connectivity index (χ0n) is 18.5. The molecule has 0 amide bonds. The largest absolute Gasteiger partial charge is 0.299 e. The SMILES string of the molecule is C=C/C(=C\C=C(C)C)C(=O)CC(Sc1ccc(C)cc1)C(C)=O.CCC(C)C. The van der Waals surface area contributed by atoms with Crippen LogP contribution in [0.5, 0.6) is 0 Å². The van der Waals surface area contributed by atoms with Crippen LogP contribution in [0.15, 0.2) is 65.1 Å². The average Bonchev–Trinajstić information content (AvgIpc) is 2.63. The Labute approximate surface area is 176 Å². The van der Waals surface area contributed by atoms with Crippen LogP contribution in [0.3, 0.4) is 0 Å². The molecule has 1 unspecified atom stereocenters. The Balaban J connectivity index is 0.00000129. The minimum absolute atomic E-state index is 0.00884. The van der Waals surface area contributed by atoms with Gasteiger partial charge in [-0.2, -0.15) is 0 Å². The standard InChI is InChI=1S/C20H24O2S.C5H12/c1-6-17(10-7-14(2)3)19(22)13-20(16(5)21)23-18-11-8-15(4)9-12-18;1-4-5(2)3/h6-12,20H,1,13H2,2-5H3;5H,4H2,1-3H3/b17-10+;. The Hall–Kier alpha value is -1.87. The summed E-state index contributed by atoms with van der Waals surface area (Å²) in [4.78, 5) is 25.3. The van der Waals surface area contributed by atoms with Crippen molar-refractivity contribution in [3.8, 4) is 0 Å². The van der Waals surface area contributed by atoms with Gasteiger partial charge in [0.2, 0.25) is 0 Å². The van der Waals surface area contributed by atoms with E-state index in [0.717, 1.165) is 16.4 Å². The third kappa shape index (κ3) is 11.8. The van der Waals surface area contributed by atoms with Crippen LogP contribution in [0.1, 0.15) is 59.9 Å². The van der Waals surface area contributed by atoms with Gasteiger partial charge in [-0.05, 0) is 45.7 Å². The fourth-order valence-electron chi connectivity index (χ4n) is 1.87. The van der Waals surface area contributed by atoms with E-state index in [1.165, 1.54) is 30.7 Å². The second-order valence-corrected chi connectivity index (χ2v) is 8.81. The monoisotopic (exact) mass is 400 g/mol. The molecule has 0 saturated heterocycles. The van der Waals surface area contributed by atoms with Crippen molar-refractivity contribution in [2.24, 2.45) is 5.92 Å². The maximum atomic E-state index is 12.4. The predicted octanol–water partition coefficient (Wildman–Crippen LogP) is 7.13. The summed E-state index contributed by atoms with van der Waals surface area (Å²) in [6.07, 6.45) is 6.68. The second kappa shape index (κ2) is 14.2. The molecule has 0 aliphatic heterocycles. The lowest BCUT2D eigenvalue weighted by Crippen LogP contribution is -2.19. The van der Waals surface area contributed by atoms with Crippen LogP contribution in [-0.4, -0.2) is 16.8 Å². The number of carbonyl (C=O) groups is 2. The van der Waals surface area contributed by atoms with Gasteiger partial charge in [-0.15, -0.1) is 11.8 Å². The van der Waals surface area contributed by atoms with Crippen molar-refractivity contribution in [3.63, 3.8) is 0 Å². The molecule has 0 bridgehead atoms. The summed E-state index contributed by atoms with van der Waals surface area (Å²) in [5.74, 6) is 0.835. The van der Waals surface area contributed by atoms with Crippen molar-refractivity contribution >= 4 is 23.3 Å². The van der Waals surface area contributed by atoms with Crippen molar-refractivity contribution in [2.75, 3.05) is 0 Å². The van der Waals surface area contributed by atoms with Crippen molar-refractivity contribution in [3.05, 3.63) is 65.8 Å². The molecule has 154 valence electrons. The Kier molecular flexibility index (Phi) is 13.2. The zero-order valence-corrected chi connectivity index (χ0v) is 19.4. The molecule has 0 fully saturated rings. The van der Waals surface area contributed by atoms with Crippen molar-refractivity contribution in [1.29, 1.82) is 0 Å². The normalized spacial score (nSPS) is 11.9. The number of aryl methyl sites for hydroxylation is 1. The highest BCUT2D eigenvalue weighted by atomic mass is 32.2. The lowest BCUT2D eigenvalue weighted by Gasteiger charge is -2.13. The summed E-state index contributed by atoms with van der Waals surface area (Å²) in [6, 6.07) is 7.97. The van der Waals surface area contributed by atoms with Crippen molar-refractivity contribution in [2.45, 2.75) is 71.5 Å². The molecule has 1 atom stereocenters.